The van der Waals surface area contributed by atoms with Crippen molar-refractivity contribution in [2.75, 3.05) is 13.2 Å². The van der Waals surface area contributed by atoms with Gasteiger partial charge >= 0.3 is 5.97 Å². The third kappa shape index (κ3) is 2.75. The van der Waals surface area contributed by atoms with Crippen molar-refractivity contribution in [3.63, 3.8) is 0 Å². The van der Waals surface area contributed by atoms with Crippen molar-refractivity contribution in [1.82, 2.24) is 0 Å². The van der Waals surface area contributed by atoms with Crippen LogP contribution in [0.1, 0.15) is 22.3 Å². The number of aliphatic hydroxyl groups excluding tert-OH is 1. The van der Waals surface area contributed by atoms with Crippen LogP contribution in [0.4, 0.5) is 0 Å². The average Bonchev–Trinajstić information content (AvgIpc) is 2.69. The Balaban J connectivity index is 2.35. The molecule has 2 N–H and O–H groups in total. The highest BCUT2D eigenvalue weighted by Crippen LogP contribution is 2.42. The normalized spacial score (nSPS) is 17.1. The number of carboxylic acids is 1. The molecule has 0 aromatic heterocycles. The van der Waals surface area contributed by atoms with Gasteiger partial charge in [0.25, 0.3) is 0 Å². The van der Waals surface area contributed by atoms with Crippen LogP contribution in [-0.2, 0) is 11.2 Å². The molecule has 1 atom stereocenters. The van der Waals surface area contributed by atoms with Gasteiger partial charge in [0, 0.05) is 18.1 Å². The molecule has 5 nitrogen and oxygen atoms in total. The Labute approximate surface area is 125 Å². The third-order valence-electron chi connectivity index (χ3n) is 3.17. The number of carbonyl (C=O) groups excluding carboxylic acids is 1. The third-order valence-corrected chi connectivity index (χ3v) is 4.02. The molecular weight excluding hydrogens is 307 g/mol. The minimum atomic E-state index is -1.13. The first-order valence-corrected chi connectivity index (χ1v) is 6.71. The van der Waals surface area contributed by atoms with Crippen molar-refractivity contribution in [2.24, 2.45) is 5.92 Å². The Morgan fingerprint density at radius 3 is 2.70 bits per heavy atom. The van der Waals surface area contributed by atoms with E-state index in [1.807, 2.05) is 0 Å². The van der Waals surface area contributed by atoms with Crippen LogP contribution in [-0.4, -0.2) is 35.2 Å². The number of Topliss-reactive ketones (excluding diaryl/α,β-unsaturated/α-hetero) is 1. The van der Waals surface area contributed by atoms with Crippen molar-refractivity contribution in [2.45, 2.75) is 12.8 Å². The lowest BCUT2D eigenvalue weighted by atomic mass is 10.0. The zero-order valence-electron chi connectivity index (χ0n) is 10.4. The second-order valence-corrected chi connectivity index (χ2v) is 5.25. The number of benzene rings is 1. The number of carbonyl (C=O) groups is 2. The Bertz CT molecular complexity index is 570. The zero-order valence-corrected chi connectivity index (χ0v) is 11.9. The fourth-order valence-electron chi connectivity index (χ4n) is 2.28. The molecule has 1 aromatic rings. The standard InChI is InChI=1S/C13H12Cl2O5/c14-11-8(20-5-9(17)18)4-7-3-6(1-2-16)13(19)10(7)12(11)15/h4,6,16H,1-3,5H2,(H,17,18). The van der Waals surface area contributed by atoms with E-state index < -0.39 is 12.6 Å². The number of aliphatic hydroxyl groups is 1. The van der Waals surface area contributed by atoms with Crippen LogP contribution in [0.15, 0.2) is 6.07 Å². The molecule has 0 heterocycles. The number of hydrogen-bond donors (Lipinski definition) is 2. The number of hydrogen-bond acceptors (Lipinski definition) is 4. The van der Waals surface area contributed by atoms with Crippen LogP contribution in [0.5, 0.6) is 5.75 Å². The van der Waals surface area contributed by atoms with E-state index in [0.717, 1.165) is 0 Å². The summed E-state index contributed by atoms with van der Waals surface area (Å²) in [4.78, 5) is 22.7. The van der Waals surface area contributed by atoms with Crippen LogP contribution < -0.4 is 4.74 Å². The molecule has 1 aliphatic rings. The molecule has 0 radical (unpaired) electrons. The number of carboxylic acid groups (broad SMARTS) is 1. The van der Waals surface area contributed by atoms with Crippen LogP contribution >= 0.6 is 23.2 Å². The van der Waals surface area contributed by atoms with Gasteiger partial charge in [-0.1, -0.05) is 23.2 Å². The largest absolute Gasteiger partial charge is 0.480 e. The van der Waals surface area contributed by atoms with E-state index in [9.17, 15) is 9.59 Å². The van der Waals surface area contributed by atoms with Gasteiger partial charge in [-0.15, -0.1) is 0 Å². The van der Waals surface area contributed by atoms with Gasteiger partial charge in [-0.3, -0.25) is 4.79 Å². The lowest BCUT2D eigenvalue weighted by Crippen LogP contribution is -2.11. The van der Waals surface area contributed by atoms with Gasteiger partial charge in [-0.25, -0.2) is 4.79 Å². The van der Waals surface area contributed by atoms with Gasteiger partial charge in [-0.05, 0) is 24.5 Å². The van der Waals surface area contributed by atoms with Crippen molar-refractivity contribution in [1.29, 1.82) is 0 Å². The molecular formula is C13H12Cl2O5. The molecule has 0 saturated heterocycles. The maximum absolute atomic E-state index is 12.1. The van der Waals surface area contributed by atoms with E-state index in [2.05, 4.69) is 0 Å². The monoisotopic (exact) mass is 318 g/mol. The lowest BCUT2D eigenvalue weighted by Gasteiger charge is -2.10. The number of ketones is 1. The van der Waals surface area contributed by atoms with Crippen LogP contribution in [0, 0.1) is 5.92 Å². The molecule has 2 rings (SSSR count). The quantitative estimate of drug-likeness (QED) is 0.869. The molecule has 0 fully saturated rings. The summed E-state index contributed by atoms with van der Waals surface area (Å²) in [6.07, 6.45) is 0.793. The Hall–Kier alpha value is -1.30. The molecule has 1 aliphatic carbocycles. The molecule has 0 aliphatic heterocycles. The van der Waals surface area contributed by atoms with E-state index in [-0.39, 0.29) is 34.1 Å². The zero-order chi connectivity index (χ0) is 14.9. The van der Waals surface area contributed by atoms with E-state index in [1.165, 1.54) is 0 Å². The topological polar surface area (TPSA) is 83.8 Å². The van der Waals surface area contributed by atoms with E-state index in [4.69, 9.17) is 38.2 Å². The summed E-state index contributed by atoms with van der Waals surface area (Å²) in [5, 5.41) is 17.7. The number of rotatable bonds is 5. The Morgan fingerprint density at radius 2 is 2.10 bits per heavy atom. The van der Waals surface area contributed by atoms with Crippen molar-refractivity contribution in [3.05, 3.63) is 27.2 Å². The van der Waals surface area contributed by atoms with Gasteiger partial charge in [0.15, 0.2) is 12.4 Å². The van der Waals surface area contributed by atoms with Crippen LogP contribution in [0.25, 0.3) is 0 Å². The molecule has 7 heteroatoms. The van der Waals surface area contributed by atoms with Crippen molar-refractivity contribution < 1.29 is 24.5 Å². The Kier molecular flexibility index (Phi) is 4.52. The molecule has 1 unspecified atom stereocenters. The molecule has 20 heavy (non-hydrogen) atoms. The van der Waals surface area contributed by atoms with Crippen LogP contribution in [0.2, 0.25) is 10.0 Å². The predicted octanol–water partition coefficient (Wildman–Crippen LogP) is 2.19. The molecule has 0 saturated carbocycles. The molecule has 0 bridgehead atoms. The smallest absolute Gasteiger partial charge is 0.341 e. The lowest BCUT2D eigenvalue weighted by molar-refractivity contribution is -0.139. The fourth-order valence-corrected chi connectivity index (χ4v) is 2.79. The predicted molar refractivity (Wildman–Crippen MR) is 72.8 cm³/mol. The minimum absolute atomic E-state index is 0.0321. The molecule has 0 spiro atoms. The summed E-state index contributed by atoms with van der Waals surface area (Å²) in [7, 11) is 0. The summed E-state index contributed by atoms with van der Waals surface area (Å²) < 4.78 is 5.06. The Morgan fingerprint density at radius 1 is 1.40 bits per heavy atom. The van der Waals surface area contributed by atoms with Gasteiger partial charge in [0.1, 0.15) is 10.8 Å². The summed E-state index contributed by atoms with van der Waals surface area (Å²) in [6, 6.07) is 1.54. The van der Waals surface area contributed by atoms with Gasteiger partial charge in [0.2, 0.25) is 0 Å². The maximum Gasteiger partial charge on any atom is 0.341 e. The first kappa shape index (κ1) is 15.1. The van der Waals surface area contributed by atoms with Crippen molar-refractivity contribution >= 4 is 35.0 Å². The highest BCUT2D eigenvalue weighted by molar-refractivity contribution is 6.45. The summed E-state index contributed by atoms with van der Waals surface area (Å²) in [5.74, 6) is -1.45. The number of halogens is 2. The van der Waals surface area contributed by atoms with Gasteiger partial charge in [0.05, 0.1) is 5.02 Å². The first-order chi connectivity index (χ1) is 9.45. The highest BCUT2D eigenvalue weighted by Gasteiger charge is 2.34. The molecule has 108 valence electrons. The molecule has 0 amide bonds. The summed E-state index contributed by atoms with van der Waals surface area (Å²) >= 11 is 12.1. The van der Waals surface area contributed by atoms with Gasteiger partial charge in [-0.2, -0.15) is 0 Å². The van der Waals surface area contributed by atoms with Crippen LogP contribution in [0.3, 0.4) is 0 Å². The second-order valence-electron chi connectivity index (χ2n) is 4.50. The first-order valence-electron chi connectivity index (χ1n) is 5.96. The fraction of sp³-hybridized carbons (Fsp3) is 0.385. The van der Waals surface area contributed by atoms with Crippen molar-refractivity contribution in [3.8, 4) is 5.75 Å². The summed E-state index contributed by atoms with van der Waals surface area (Å²) in [6.45, 7) is -0.624. The summed E-state index contributed by atoms with van der Waals surface area (Å²) in [5.41, 5.74) is 1.01. The number of ether oxygens (including phenoxy) is 1. The minimum Gasteiger partial charge on any atom is -0.480 e. The second kappa shape index (κ2) is 5.99. The van der Waals surface area contributed by atoms with E-state index in [0.29, 0.717) is 24.0 Å². The average molecular weight is 319 g/mol. The highest BCUT2D eigenvalue weighted by atomic mass is 35.5. The number of aliphatic carboxylic acids is 1. The SMILES string of the molecule is O=C(O)COc1cc2c(c(Cl)c1Cl)C(=O)C(CCO)C2. The van der Waals surface area contributed by atoms with E-state index in [1.54, 1.807) is 6.07 Å². The molecule has 1 aromatic carbocycles. The van der Waals surface area contributed by atoms with E-state index >= 15 is 0 Å². The van der Waals surface area contributed by atoms with Gasteiger partial charge < -0.3 is 14.9 Å². The maximum atomic E-state index is 12.1. The number of fused-ring (bicyclic) bond motifs is 1.